The van der Waals surface area contributed by atoms with E-state index in [9.17, 15) is 5.21 Å². The van der Waals surface area contributed by atoms with Gasteiger partial charge in [-0.05, 0) is 23.8 Å². The molecule has 0 spiro atoms. The fourth-order valence-corrected chi connectivity index (χ4v) is 3.06. The van der Waals surface area contributed by atoms with Gasteiger partial charge in [0.05, 0.1) is 12.1 Å². The molecule has 0 saturated heterocycles. The number of rotatable bonds is 3. The van der Waals surface area contributed by atoms with Crippen LogP contribution in [0.1, 0.15) is 5.56 Å². The number of fused-ring (bicyclic) bond motifs is 1. The summed E-state index contributed by atoms with van der Waals surface area (Å²) >= 11 is 6.17. The van der Waals surface area contributed by atoms with Gasteiger partial charge in [-0.3, -0.25) is 0 Å². The van der Waals surface area contributed by atoms with E-state index in [-0.39, 0.29) is 5.62 Å². The zero-order valence-electron chi connectivity index (χ0n) is 13.9. The average Bonchev–Trinajstić information content (AvgIpc) is 2.68. The molecule has 4 rings (SSSR count). The van der Waals surface area contributed by atoms with Crippen molar-refractivity contribution in [2.45, 2.75) is 6.54 Å². The van der Waals surface area contributed by atoms with Crippen molar-refractivity contribution < 1.29 is 5.21 Å². The lowest BCUT2D eigenvalue weighted by Gasteiger charge is -2.12. The SMILES string of the molecule is On1c(-c2ccccc2)c2cc(Cl)ccc2nc1=NCc1ccccc1. The van der Waals surface area contributed by atoms with E-state index in [1.54, 1.807) is 12.1 Å². The standard InChI is InChI=1S/C21H16ClN3O/c22-17-11-12-19-18(13-17)20(16-9-5-2-6-10-16)25(26)21(24-19)23-14-15-7-3-1-4-8-15/h1-13,26H,14H2. The summed E-state index contributed by atoms with van der Waals surface area (Å²) in [5.74, 6) is 0. The Hall–Kier alpha value is -3.11. The molecule has 5 heteroatoms. The molecule has 0 aliphatic rings. The van der Waals surface area contributed by atoms with Crippen molar-refractivity contribution in [1.29, 1.82) is 0 Å². The number of halogens is 1. The first-order valence-corrected chi connectivity index (χ1v) is 8.61. The molecule has 3 aromatic carbocycles. The topological polar surface area (TPSA) is 50.4 Å². The highest BCUT2D eigenvalue weighted by Gasteiger charge is 2.12. The monoisotopic (exact) mass is 361 g/mol. The fraction of sp³-hybridized carbons (Fsp3) is 0.0476. The average molecular weight is 362 g/mol. The van der Waals surface area contributed by atoms with E-state index >= 15 is 0 Å². The van der Waals surface area contributed by atoms with Crippen molar-refractivity contribution in [3.63, 3.8) is 0 Å². The number of benzene rings is 3. The van der Waals surface area contributed by atoms with Crippen molar-refractivity contribution in [2.75, 3.05) is 0 Å². The van der Waals surface area contributed by atoms with Crippen LogP contribution in [0, 0.1) is 0 Å². The molecule has 0 saturated carbocycles. The van der Waals surface area contributed by atoms with Gasteiger partial charge >= 0.3 is 0 Å². The normalized spacial score (nSPS) is 11.8. The molecule has 1 N–H and O–H groups in total. The van der Waals surface area contributed by atoms with Gasteiger partial charge in [0.15, 0.2) is 0 Å². The molecule has 4 nitrogen and oxygen atoms in total. The van der Waals surface area contributed by atoms with Crippen LogP contribution in [0.3, 0.4) is 0 Å². The van der Waals surface area contributed by atoms with E-state index in [1.165, 1.54) is 0 Å². The third-order valence-corrected chi connectivity index (χ3v) is 4.36. The Morgan fingerprint density at radius 1 is 0.923 bits per heavy atom. The highest BCUT2D eigenvalue weighted by molar-refractivity contribution is 6.31. The van der Waals surface area contributed by atoms with Crippen LogP contribution in [0.25, 0.3) is 22.2 Å². The van der Waals surface area contributed by atoms with E-state index < -0.39 is 0 Å². The Kier molecular flexibility index (Phi) is 4.42. The predicted octanol–water partition coefficient (Wildman–Crippen LogP) is 4.69. The van der Waals surface area contributed by atoms with E-state index in [0.717, 1.165) is 26.8 Å². The third-order valence-electron chi connectivity index (χ3n) is 4.13. The minimum atomic E-state index is 0.252. The van der Waals surface area contributed by atoms with Crippen molar-refractivity contribution in [3.8, 4) is 11.3 Å². The molecule has 0 aliphatic heterocycles. The van der Waals surface area contributed by atoms with Crippen LogP contribution in [0.15, 0.2) is 83.9 Å². The van der Waals surface area contributed by atoms with Crippen LogP contribution < -0.4 is 5.62 Å². The smallest absolute Gasteiger partial charge is 0.259 e. The molecule has 0 aliphatic carbocycles. The van der Waals surface area contributed by atoms with Crippen molar-refractivity contribution >= 4 is 22.5 Å². The Morgan fingerprint density at radius 2 is 1.62 bits per heavy atom. The van der Waals surface area contributed by atoms with Gasteiger partial charge in [-0.1, -0.05) is 72.3 Å². The molecule has 0 radical (unpaired) electrons. The molecule has 4 aromatic rings. The van der Waals surface area contributed by atoms with Gasteiger partial charge in [0, 0.05) is 16.0 Å². The summed E-state index contributed by atoms with van der Waals surface area (Å²) in [6.07, 6.45) is 0. The molecule has 0 bridgehead atoms. The summed E-state index contributed by atoms with van der Waals surface area (Å²) in [7, 11) is 0. The minimum absolute atomic E-state index is 0.252. The highest BCUT2D eigenvalue weighted by Crippen LogP contribution is 2.27. The molecule has 0 amide bonds. The first-order chi connectivity index (χ1) is 12.7. The lowest BCUT2D eigenvalue weighted by molar-refractivity contribution is 0.172. The zero-order chi connectivity index (χ0) is 17.9. The van der Waals surface area contributed by atoms with Crippen LogP contribution in [-0.4, -0.2) is 14.9 Å². The first kappa shape index (κ1) is 16.4. The van der Waals surface area contributed by atoms with E-state index in [1.807, 2.05) is 66.7 Å². The second-order valence-corrected chi connectivity index (χ2v) is 6.34. The quantitative estimate of drug-likeness (QED) is 0.538. The van der Waals surface area contributed by atoms with Crippen LogP contribution >= 0.6 is 11.6 Å². The van der Waals surface area contributed by atoms with Gasteiger partial charge in [-0.25, -0.2) is 9.98 Å². The summed E-state index contributed by atoms with van der Waals surface area (Å²) in [5.41, 5.74) is 3.50. The number of hydrogen-bond acceptors (Lipinski definition) is 3. The fourth-order valence-electron chi connectivity index (χ4n) is 2.89. The second-order valence-electron chi connectivity index (χ2n) is 5.90. The van der Waals surface area contributed by atoms with Gasteiger partial charge in [0.2, 0.25) is 0 Å². The first-order valence-electron chi connectivity index (χ1n) is 8.24. The van der Waals surface area contributed by atoms with Crippen LogP contribution in [0.2, 0.25) is 5.02 Å². The van der Waals surface area contributed by atoms with Crippen LogP contribution in [0.5, 0.6) is 0 Å². The molecule has 0 atom stereocenters. The van der Waals surface area contributed by atoms with Crippen LogP contribution in [0.4, 0.5) is 0 Å². The van der Waals surface area contributed by atoms with Crippen molar-refractivity contribution in [3.05, 3.63) is 95.1 Å². The minimum Gasteiger partial charge on any atom is -0.425 e. The molecule has 128 valence electrons. The Labute approximate surface area is 155 Å². The maximum Gasteiger partial charge on any atom is 0.259 e. The summed E-state index contributed by atoms with van der Waals surface area (Å²) in [6.45, 7) is 0.432. The maximum absolute atomic E-state index is 10.8. The van der Waals surface area contributed by atoms with Crippen molar-refractivity contribution in [1.82, 2.24) is 9.71 Å². The largest absolute Gasteiger partial charge is 0.425 e. The molecule has 1 heterocycles. The van der Waals surface area contributed by atoms with E-state index in [4.69, 9.17) is 11.6 Å². The maximum atomic E-state index is 10.8. The lowest BCUT2D eigenvalue weighted by atomic mass is 10.1. The van der Waals surface area contributed by atoms with Gasteiger partial charge in [-0.2, -0.15) is 0 Å². The summed E-state index contributed by atoms with van der Waals surface area (Å²) in [5, 5.41) is 12.2. The Balaban J connectivity index is 1.95. The predicted molar refractivity (Wildman–Crippen MR) is 103 cm³/mol. The molecular weight excluding hydrogens is 346 g/mol. The Bertz CT molecular complexity index is 1120. The molecule has 0 unspecified atom stereocenters. The summed E-state index contributed by atoms with van der Waals surface area (Å²) in [6, 6.07) is 24.9. The lowest BCUT2D eigenvalue weighted by Crippen LogP contribution is -2.24. The summed E-state index contributed by atoms with van der Waals surface area (Å²) < 4.78 is 1.04. The molecule has 0 fully saturated rings. The van der Waals surface area contributed by atoms with Crippen molar-refractivity contribution in [2.24, 2.45) is 4.99 Å². The highest BCUT2D eigenvalue weighted by atomic mass is 35.5. The van der Waals surface area contributed by atoms with Crippen LogP contribution in [-0.2, 0) is 6.54 Å². The number of hydrogen-bond donors (Lipinski definition) is 1. The van der Waals surface area contributed by atoms with E-state index in [2.05, 4.69) is 9.98 Å². The van der Waals surface area contributed by atoms with Gasteiger partial charge < -0.3 is 5.21 Å². The van der Waals surface area contributed by atoms with Gasteiger partial charge in [0.1, 0.15) is 5.69 Å². The molecular formula is C21H16ClN3O. The second kappa shape index (κ2) is 7.02. The summed E-state index contributed by atoms with van der Waals surface area (Å²) in [4.78, 5) is 9.01. The Morgan fingerprint density at radius 3 is 2.35 bits per heavy atom. The zero-order valence-corrected chi connectivity index (χ0v) is 14.6. The number of aromatic nitrogens is 2. The van der Waals surface area contributed by atoms with E-state index in [0.29, 0.717) is 17.3 Å². The van der Waals surface area contributed by atoms with Gasteiger partial charge in [0.25, 0.3) is 5.62 Å². The molecule has 1 aromatic heterocycles. The molecule has 26 heavy (non-hydrogen) atoms. The van der Waals surface area contributed by atoms with Gasteiger partial charge in [-0.15, -0.1) is 4.73 Å². The third kappa shape index (κ3) is 3.19. The number of nitrogens with zero attached hydrogens (tertiary/aromatic N) is 3.